The summed E-state index contributed by atoms with van der Waals surface area (Å²) in [5, 5.41) is 17.4. The number of carbonyl (C=O) groups excluding carboxylic acids is 5. The fraction of sp³-hybridized carbons (Fsp3) is 0.213. The van der Waals surface area contributed by atoms with Gasteiger partial charge in [-0.2, -0.15) is 39.5 Å². The van der Waals surface area contributed by atoms with Gasteiger partial charge in [-0.3, -0.25) is 38.9 Å². The van der Waals surface area contributed by atoms with Crippen molar-refractivity contribution in [2.45, 2.75) is 88.9 Å². The molecule has 18 nitrogen and oxygen atoms in total. The van der Waals surface area contributed by atoms with Crippen LogP contribution in [-0.4, -0.2) is 115 Å². The van der Waals surface area contributed by atoms with Crippen molar-refractivity contribution in [3.05, 3.63) is 289 Å². The number of hydrogen-bond donors (Lipinski definition) is 2. The van der Waals surface area contributed by atoms with Gasteiger partial charge in [0.1, 0.15) is 51.7 Å². The summed E-state index contributed by atoms with van der Waals surface area (Å²) in [6, 6.07) is 40.5. The van der Waals surface area contributed by atoms with Gasteiger partial charge in [-0.1, -0.05) is 72.8 Å². The summed E-state index contributed by atoms with van der Waals surface area (Å²) in [4.78, 5) is 70.1. The van der Waals surface area contributed by atoms with E-state index in [9.17, 15) is 116 Å². The molecule has 2 N–H and O–H groups in total. The van der Waals surface area contributed by atoms with Gasteiger partial charge in [0.25, 0.3) is 0 Å². The summed E-state index contributed by atoms with van der Waals surface area (Å²) in [5.41, 5.74) is 1.74. The van der Waals surface area contributed by atoms with Crippen molar-refractivity contribution in [3.63, 3.8) is 0 Å². The van der Waals surface area contributed by atoms with Crippen molar-refractivity contribution in [2.75, 3.05) is 28.4 Å². The van der Waals surface area contributed by atoms with Crippen LogP contribution in [0, 0.1) is 5.92 Å². The van der Waals surface area contributed by atoms with Crippen LogP contribution in [0.4, 0.5) is 92.2 Å². The molecular formula is C89H64BBrF21N3O15. The van der Waals surface area contributed by atoms with Crippen LogP contribution in [0.25, 0.3) is 39.5 Å². The second-order valence-corrected chi connectivity index (χ2v) is 28.7. The number of aromatic nitrogens is 3. The van der Waals surface area contributed by atoms with Crippen molar-refractivity contribution in [2.24, 2.45) is 5.92 Å². The van der Waals surface area contributed by atoms with E-state index in [-0.39, 0.29) is 116 Å². The van der Waals surface area contributed by atoms with Crippen LogP contribution in [0.2, 0.25) is 0 Å². The number of aryl methyl sites for hydroxylation is 2. The minimum atomic E-state index is -4.93. The predicted octanol–water partition coefficient (Wildman–Crippen LogP) is 21.9. The maximum atomic E-state index is 13.3. The van der Waals surface area contributed by atoms with Crippen LogP contribution in [0.3, 0.4) is 0 Å². The summed E-state index contributed by atoms with van der Waals surface area (Å²) < 4.78 is 304. The number of fused-ring (bicyclic) bond motifs is 4. The minimum Gasteiger partial charge on any atom is -0.496 e. The maximum Gasteiger partial charge on any atom is 0.573 e. The molecule has 0 radical (unpaired) electrons. The molecule has 0 saturated heterocycles. The third-order valence-electron chi connectivity index (χ3n) is 19.5. The number of ether oxygens (including phenoxy) is 8. The Bertz CT molecular complexity index is 6040. The van der Waals surface area contributed by atoms with E-state index in [1.807, 2.05) is 12.1 Å². The molecule has 0 spiro atoms. The van der Waals surface area contributed by atoms with Crippen molar-refractivity contribution in [1.82, 2.24) is 15.0 Å². The molecule has 0 saturated carbocycles. The molecule has 4 aliphatic carbocycles. The number of aldehydes is 1. The molecule has 682 valence electrons. The molecular weight excluding hydrogens is 1840 g/mol. The van der Waals surface area contributed by atoms with Crippen LogP contribution in [-0.2, 0) is 50.6 Å². The molecule has 0 amide bonds. The Labute approximate surface area is 731 Å². The number of pyridine rings is 3. The Morgan fingerprint density at radius 1 is 0.385 bits per heavy atom. The average Bonchev–Trinajstić information content (AvgIpc) is 1.61. The number of rotatable bonds is 16. The lowest BCUT2D eigenvalue weighted by molar-refractivity contribution is -0.275. The molecule has 1 atom stereocenters. The fourth-order valence-corrected chi connectivity index (χ4v) is 14.5. The van der Waals surface area contributed by atoms with Crippen molar-refractivity contribution >= 4 is 64.0 Å². The largest absolute Gasteiger partial charge is 0.573 e. The van der Waals surface area contributed by atoms with E-state index in [2.05, 4.69) is 49.8 Å². The molecule has 3 heterocycles. The summed E-state index contributed by atoms with van der Waals surface area (Å²) in [5.74, 6) is -1.95. The summed E-state index contributed by atoms with van der Waals surface area (Å²) in [6.07, 6.45) is -26.2. The standard InChI is InChI=1S/C24H17F6NO3.C24H15F6NO3.C17H13F3O3.C10H9BrO2.C7H6BF3O3.C7H4F3NO/c2*1-33-21-12-16-13(10-17(21)15-5-2-3-7-20(15)34-24(28,29)30)9-14(22(16)32)11-19-18(23(25,26)27)6-4-8-31-19;1-22-16-9-12-10(6-7-14(12)21)8-13(16)11-4-2-3-5-15(11)23-17(18,19)20;1-13-10-5-7-6(4-8(10)11)2-3-9(7)12;9-7(10,11)14-6-4-2-1-3-5(6)8(12)13;8-7(9,10)5-2-1-3-11-6(5)4-12/h2-8,10,12,14H,9,11H2,1H3;2-8,10-12H,9H2,1H3;2-5,8-9H,6-7H2,1H3;4-5H,2-3H2,1H3;1-4,12-13H;1-4H/b;14-11+;;;;. The number of methoxy groups -OCH3 is 4. The molecule has 8 aromatic carbocycles. The Morgan fingerprint density at radius 3 is 1.18 bits per heavy atom. The van der Waals surface area contributed by atoms with Gasteiger partial charge >= 0.3 is 51.1 Å². The number of Topliss-reactive ketones (excluding diaryl/α,β-unsaturated/α-hetero) is 4. The number of ketones is 4. The molecule has 3 aromatic heterocycles. The highest BCUT2D eigenvalue weighted by molar-refractivity contribution is 9.10. The highest BCUT2D eigenvalue weighted by Crippen LogP contribution is 2.48. The molecule has 4 aliphatic rings. The van der Waals surface area contributed by atoms with Crippen LogP contribution >= 0.6 is 15.9 Å². The molecule has 0 aliphatic heterocycles. The third-order valence-corrected chi connectivity index (χ3v) is 20.1. The average molecular weight is 1910 g/mol. The van der Waals surface area contributed by atoms with Crippen LogP contribution in [0.15, 0.2) is 211 Å². The van der Waals surface area contributed by atoms with Gasteiger partial charge in [-0.15, -0.1) is 52.7 Å². The van der Waals surface area contributed by atoms with Crippen molar-refractivity contribution < 1.29 is 164 Å². The highest BCUT2D eigenvalue weighted by atomic mass is 79.9. The second kappa shape index (κ2) is 41.0. The van der Waals surface area contributed by atoms with Crippen LogP contribution < -0.4 is 43.4 Å². The Kier molecular flexibility index (Phi) is 31.2. The number of carbonyl (C=O) groups is 5. The van der Waals surface area contributed by atoms with Gasteiger partial charge in [0.2, 0.25) is 0 Å². The number of halogens is 22. The lowest BCUT2D eigenvalue weighted by atomic mass is 9.80. The molecule has 11 aromatic rings. The monoisotopic (exact) mass is 1900 g/mol. The zero-order valence-electron chi connectivity index (χ0n) is 67.2. The maximum absolute atomic E-state index is 13.3. The van der Waals surface area contributed by atoms with Gasteiger partial charge in [0, 0.05) is 117 Å². The zero-order chi connectivity index (χ0) is 95.3. The van der Waals surface area contributed by atoms with Gasteiger partial charge < -0.3 is 47.9 Å². The SMILES string of the molecule is COc1cc2c(cc1-c1ccccc1OC(F)(F)F)C/C(=C\c1ncccc1C(F)(F)F)C2=O.COc1cc2c(cc1-c1ccccc1OC(F)(F)F)CC(Cc1ncccc1C(F)(F)F)C2=O.COc1cc2c(cc1-c1ccccc1OC(F)(F)F)CCC2=O.COc1cc2c(cc1Br)CCC2=O.O=Cc1ncccc1C(F)(F)F.OB(O)c1ccccc1OC(F)(F)F. The Morgan fingerprint density at radius 2 is 0.754 bits per heavy atom. The smallest absolute Gasteiger partial charge is 0.496 e. The first-order valence-corrected chi connectivity index (χ1v) is 38.4. The summed E-state index contributed by atoms with van der Waals surface area (Å²) in [7, 11) is 3.62. The Balaban J connectivity index is 0.000000170. The number of alkyl halides is 21. The second-order valence-electron chi connectivity index (χ2n) is 27.8. The molecule has 15 rings (SSSR count). The topological polar surface area (TPSA) is 238 Å². The van der Waals surface area contributed by atoms with Crippen LogP contribution in [0.1, 0.15) is 115 Å². The van der Waals surface area contributed by atoms with Gasteiger partial charge in [0.05, 0.1) is 61.0 Å². The number of nitrogens with zero attached hydrogens (tertiary/aromatic N) is 3. The number of benzene rings is 8. The Hall–Kier alpha value is -13.3. The van der Waals surface area contributed by atoms with Gasteiger partial charge in [-0.05, 0) is 173 Å². The number of para-hydroxylation sites is 4. The van der Waals surface area contributed by atoms with Crippen molar-refractivity contribution in [3.8, 4) is 79.4 Å². The molecule has 41 heteroatoms. The normalized spacial score (nSPS) is 14.2. The predicted molar refractivity (Wildman–Crippen MR) is 429 cm³/mol. The number of allylic oxidation sites excluding steroid dienone is 1. The molecule has 0 bridgehead atoms. The van der Waals surface area contributed by atoms with E-state index < -0.39 is 108 Å². The highest BCUT2D eigenvalue weighted by Gasteiger charge is 2.42. The zero-order valence-corrected chi connectivity index (χ0v) is 68.8. The van der Waals surface area contributed by atoms with E-state index in [1.165, 1.54) is 131 Å². The summed E-state index contributed by atoms with van der Waals surface area (Å²) in [6.45, 7) is 0. The van der Waals surface area contributed by atoms with Gasteiger partial charge in [-0.25, -0.2) is 0 Å². The first-order valence-electron chi connectivity index (χ1n) is 37.6. The lowest BCUT2D eigenvalue weighted by Gasteiger charge is -2.16. The van der Waals surface area contributed by atoms with E-state index in [0.29, 0.717) is 47.3 Å². The minimum absolute atomic E-state index is 0.0182. The van der Waals surface area contributed by atoms with E-state index >= 15 is 0 Å². The first-order chi connectivity index (χ1) is 61.0. The third kappa shape index (κ3) is 25.4. The van der Waals surface area contributed by atoms with E-state index in [0.717, 1.165) is 100 Å². The lowest BCUT2D eigenvalue weighted by Crippen LogP contribution is -2.33. The molecule has 130 heavy (non-hydrogen) atoms. The quantitative estimate of drug-likeness (QED) is 0.0396. The molecule has 0 fully saturated rings. The van der Waals surface area contributed by atoms with E-state index in [4.69, 9.17) is 29.0 Å². The first kappa shape index (κ1) is 98.9. The summed E-state index contributed by atoms with van der Waals surface area (Å²) >= 11 is 3.39. The van der Waals surface area contributed by atoms with Crippen LogP contribution in [0.5, 0.6) is 46.0 Å². The van der Waals surface area contributed by atoms with Crippen molar-refractivity contribution in [1.29, 1.82) is 0 Å². The van der Waals surface area contributed by atoms with E-state index in [1.54, 1.807) is 25.3 Å². The fourth-order valence-electron chi connectivity index (χ4n) is 13.9. The number of hydrogen-bond acceptors (Lipinski definition) is 18. The molecule has 1 unspecified atom stereocenters. The van der Waals surface area contributed by atoms with Gasteiger partial charge in [0.15, 0.2) is 29.4 Å².